The highest BCUT2D eigenvalue weighted by Gasteiger charge is 2.08. The fraction of sp³-hybridized carbons (Fsp3) is 0.312. The van der Waals surface area contributed by atoms with Crippen molar-refractivity contribution in [3.63, 3.8) is 0 Å². The molecule has 0 radical (unpaired) electrons. The van der Waals surface area contributed by atoms with E-state index in [1.807, 2.05) is 31.2 Å². The summed E-state index contributed by atoms with van der Waals surface area (Å²) in [5.74, 6) is -0.144. The van der Waals surface area contributed by atoms with Crippen LogP contribution >= 0.6 is 22.9 Å². The topological polar surface area (TPSA) is 49.3 Å². The fourth-order valence-corrected chi connectivity index (χ4v) is 3.45. The summed E-state index contributed by atoms with van der Waals surface area (Å²) in [6.45, 7) is 2.07. The van der Waals surface area contributed by atoms with Gasteiger partial charge in [-0.05, 0) is 31.9 Å². The number of benzene rings is 1. The molecule has 0 spiro atoms. The molecule has 3 nitrogen and oxygen atoms in total. The van der Waals surface area contributed by atoms with Crippen molar-refractivity contribution in [2.75, 3.05) is 6.61 Å². The Morgan fingerprint density at radius 2 is 2.24 bits per heavy atom. The lowest BCUT2D eigenvalue weighted by Crippen LogP contribution is -2.31. The molecule has 0 aliphatic heterocycles. The van der Waals surface area contributed by atoms with E-state index in [0.717, 1.165) is 21.4 Å². The highest BCUT2D eigenvalue weighted by molar-refractivity contribution is 7.20. The maximum atomic E-state index is 11.8. The van der Waals surface area contributed by atoms with Crippen molar-refractivity contribution < 1.29 is 9.90 Å². The molecule has 1 aromatic heterocycles. The second kappa shape index (κ2) is 7.59. The summed E-state index contributed by atoms with van der Waals surface area (Å²) >= 11 is 7.88. The van der Waals surface area contributed by atoms with E-state index >= 15 is 0 Å². The number of carbonyl (C=O) groups is 1. The Hall–Kier alpha value is -1.36. The number of hydrogen-bond acceptors (Lipinski definition) is 3. The first-order chi connectivity index (χ1) is 10.1. The first-order valence-corrected chi connectivity index (χ1v) is 8.07. The molecule has 2 rings (SSSR count). The van der Waals surface area contributed by atoms with E-state index in [9.17, 15) is 4.79 Å². The lowest BCUT2D eigenvalue weighted by atomic mass is 10.2. The van der Waals surface area contributed by atoms with Gasteiger partial charge in [-0.2, -0.15) is 0 Å². The molecule has 112 valence electrons. The van der Waals surface area contributed by atoms with Gasteiger partial charge in [-0.3, -0.25) is 4.79 Å². The molecule has 0 saturated carbocycles. The number of rotatable bonds is 6. The van der Waals surface area contributed by atoms with Crippen molar-refractivity contribution >= 4 is 45.0 Å². The van der Waals surface area contributed by atoms with Gasteiger partial charge in [-0.25, -0.2) is 0 Å². The predicted octanol–water partition coefficient (Wildman–Crippen LogP) is 3.85. The molecular formula is C16H18ClNO2S. The average Bonchev–Trinajstić information content (AvgIpc) is 2.80. The van der Waals surface area contributed by atoms with E-state index < -0.39 is 0 Å². The minimum Gasteiger partial charge on any atom is -0.396 e. The van der Waals surface area contributed by atoms with Crippen LogP contribution in [0.3, 0.4) is 0 Å². The fourth-order valence-electron chi connectivity index (χ4n) is 2.05. The van der Waals surface area contributed by atoms with Crippen LogP contribution in [-0.4, -0.2) is 23.7 Å². The summed E-state index contributed by atoms with van der Waals surface area (Å²) < 4.78 is 1.11. The minimum atomic E-state index is -0.144. The SMILES string of the molecule is CC(CCCO)NC(=O)/C=C/c1sc2ccccc2c1Cl. The molecule has 2 aromatic rings. The van der Waals surface area contributed by atoms with Gasteiger partial charge in [0.1, 0.15) is 0 Å². The summed E-state index contributed by atoms with van der Waals surface area (Å²) in [6.07, 6.45) is 4.71. The summed E-state index contributed by atoms with van der Waals surface area (Å²) in [5, 5.41) is 13.3. The molecule has 0 aliphatic rings. The molecule has 0 saturated heterocycles. The second-order valence-electron chi connectivity index (χ2n) is 4.89. The van der Waals surface area contributed by atoms with Gasteiger partial charge in [0.25, 0.3) is 0 Å². The van der Waals surface area contributed by atoms with Gasteiger partial charge in [0.15, 0.2) is 0 Å². The zero-order valence-electron chi connectivity index (χ0n) is 11.8. The Morgan fingerprint density at radius 3 is 2.95 bits per heavy atom. The normalized spacial score (nSPS) is 12.9. The third-order valence-electron chi connectivity index (χ3n) is 3.13. The van der Waals surface area contributed by atoms with Crippen LogP contribution in [0.25, 0.3) is 16.2 Å². The van der Waals surface area contributed by atoms with Crippen LogP contribution in [-0.2, 0) is 4.79 Å². The van der Waals surface area contributed by atoms with E-state index in [2.05, 4.69) is 5.32 Å². The van der Waals surface area contributed by atoms with E-state index in [1.54, 1.807) is 17.4 Å². The summed E-state index contributed by atoms with van der Waals surface area (Å²) in [7, 11) is 0. The Balaban J connectivity index is 2.02. The third-order valence-corrected chi connectivity index (χ3v) is 4.79. The minimum absolute atomic E-state index is 0.0483. The van der Waals surface area contributed by atoms with Crippen LogP contribution in [0.2, 0.25) is 5.02 Å². The molecule has 1 aromatic carbocycles. The predicted molar refractivity (Wildman–Crippen MR) is 89.8 cm³/mol. The monoisotopic (exact) mass is 323 g/mol. The second-order valence-corrected chi connectivity index (χ2v) is 6.35. The van der Waals surface area contributed by atoms with Gasteiger partial charge in [0.2, 0.25) is 5.91 Å². The Kier molecular flexibility index (Phi) is 5.79. The van der Waals surface area contributed by atoms with E-state index in [0.29, 0.717) is 11.4 Å². The summed E-state index contributed by atoms with van der Waals surface area (Å²) in [6, 6.07) is 7.96. The van der Waals surface area contributed by atoms with Crippen molar-refractivity contribution in [2.45, 2.75) is 25.8 Å². The van der Waals surface area contributed by atoms with Crippen molar-refractivity contribution in [3.05, 3.63) is 40.2 Å². The number of hydrogen-bond donors (Lipinski definition) is 2. The van der Waals surface area contributed by atoms with E-state index in [1.165, 1.54) is 6.08 Å². The van der Waals surface area contributed by atoms with Crippen LogP contribution in [0, 0.1) is 0 Å². The molecule has 1 atom stereocenters. The number of aliphatic hydroxyl groups excluding tert-OH is 1. The molecule has 5 heteroatoms. The van der Waals surface area contributed by atoms with Crippen molar-refractivity contribution in [1.82, 2.24) is 5.32 Å². The average molecular weight is 324 g/mol. The van der Waals surface area contributed by atoms with Crippen LogP contribution in [0.5, 0.6) is 0 Å². The molecule has 21 heavy (non-hydrogen) atoms. The van der Waals surface area contributed by atoms with Gasteiger partial charge in [-0.15, -0.1) is 11.3 Å². The quantitative estimate of drug-likeness (QED) is 0.793. The molecule has 1 heterocycles. The van der Waals surface area contributed by atoms with E-state index in [-0.39, 0.29) is 18.6 Å². The van der Waals surface area contributed by atoms with Gasteiger partial charge < -0.3 is 10.4 Å². The largest absolute Gasteiger partial charge is 0.396 e. The Bertz CT molecular complexity index is 651. The van der Waals surface area contributed by atoms with Crippen molar-refractivity contribution in [2.24, 2.45) is 0 Å². The number of carbonyl (C=O) groups excluding carboxylic acids is 1. The number of halogens is 1. The van der Waals surface area contributed by atoms with Crippen molar-refractivity contribution in [3.8, 4) is 0 Å². The number of nitrogens with one attached hydrogen (secondary N) is 1. The van der Waals surface area contributed by atoms with Gasteiger partial charge in [-0.1, -0.05) is 29.8 Å². The van der Waals surface area contributed by atoms with Crippen LogP contribution in [0.4, 0.5) is 0 Å². The number of amides is 1. The summed E-state index contributed by atoms with van der Waals surface area (Å²) in [5.41, 5.74) is 0. The third kappa shape index (κ3) is 4.30. The van der Waals surface area contributed by atoms with Crippen molar-refractivity contribution in [1.29, 1.82) is 0 Å². The van der Waals surface area contributed by atoms with Gasteiger partial charge in [0, 0.05) is 33.7 Å². The first-order valence-electron chi connectivity index (χ1n) is 6.88. The van der Waals surface area contributed by atoms with Crippen LogP contribution in [0.1, 0.15) is 24.6 Å². The maximum Gasteiger partial charge on any atom is 0.244 e. The molecule has 1 unspecified atom stereocenters. The lowest BCUT2D eigenvalue weighted by Gasteiger charge is -2.10. The highest BCUT2D eigenvalue weighted by Crippen LogP contribution is 2.35. The molecule has 2 N–H and O–H groups in total. The molecule has 0 bridgehead atoms. The van der Waals surface area contributed by atoms with E-state index in [4.69, 9.17) is 16.7 Å². The maximum absolute atomic E-state index is 11.8. The molecule has 1 amide bonds. The number of fused-ring (bicyclic) bond motifs is 1. The Morgan fingerprint density at radius 1 is 1.48 bits per heavy atom. The zero-order chi connectivity index (χ0) is 15.2. The molecular weight excluding hydrogens is 306 g/mol. The number of aliphatic hydroxyl groups is 1. The Labute approximate surface area is 133 Å². The zero-order valence-corrected chi connectivity index (χ0v) is 13.4. The lowest BCUT2D eigenvalue weighted by molar-refractivity contribution is -0.117. The smallest absolute Gasteiger partial charge is 0.244 e. The standard InChI is InChI=1S/C16H18ClNO2S/c1-11(5-4-10-19)18-15(20)9-8-14-16(17)12-6-2-3-7-13(12)21-14/h2-3,6-9,11,19H,4-5,10H2,1H3,(H,18,20)/b9-8+. The number of thiophene rings is 1. The van der Waals surface area contributed by atoms with Crippen LogP contribution in [0.15, 0.2) is 30.3 Å². The highest BCUT2D eigenvalue weighted by atomic mass is 35.5. The van der Waals surface area contributed by atoms with Gasteiger partial charge in [0.05, 0.1) is 5.02 Å². The van der Waals surface area contributed by atoms with Crippen LogP contribution < -0.4 is 5.32 Å². The molecule has 0 aliphatic carbocycles. The van der Waals surface area contributed by atoms with Gasteiger partial charge >= 0.3 is 0 Å². The molecule has 0 fully saturated rings. The summed E-state index contributed by atoms with van der Waals surface area (Å²) in [4.78, 5) is 12.7. The first kappa shape index (κ1) is 16.0.